The van der Waals surface area contributed by atoms with Gasteiger partial charge in [0, 0.05) is 48.7 Å². The molecule has 2 fully saturated rings. The first-order chi connectivity index (χ1) is 16.9. The Morgan fingerprint density at radius 1 is 1.03 bits per heavy atom. The van der Waals surface area contributed by atoms with Gasteiger partial charge in [-0.25, -0.2) is 0 Å². The summed E-state index contributed by atoms with van der Waals surface area (Å²) < 4.78 is 0. The van der Waals surface area contributed by atoms with Crippen molar-refractivity contribution in [1.29, 1.82) is 0 Å². The van der Waals surface area contributed by atoms with Crippen LogP contribution >= 0.6 is 12.6 Å². The number of anilines is 1. The molecule has 2 aromatic rings. The number of unbranched alkanes of at least 4 members (excludes halogenated alkanes) is 1. The van der Waals surface area contributed by atoms with Crippen LogP contribution in [-0.4, -0.2) is 61.5 Å². The molecule has 4 rings (SSSR count). The highest BCUT2D eigenvalue weighted by Crippen LogP contribution is 2.26. The van der Waals surface area contributed by atoms with Crippen molar-refractivity contribution in [3.8, 4) is 0 Å². The van der Waals surface area contributed by atoms with Crippen molar-refractivity contribution in [2.24, 2.45) is 0 Å². The first-order valence-electron chi connectivity index (χ1n) is 13.5. The number of rotatable bonds is 9. The number of nitrogens with zero attached hydrogens (tertiary/aromatic N) is 3. The largest absolute Gasteiger partial charge is 0.368 e. The molecule has 1 saturated carbocycles. The monoisotopic (exact) mass is 493 g/mol. The van der Waals surface area contributed by atoms with Crippen LogP contribution in [0.2, 0.25) is 0 Å². The predicted octanol–water partition coefficient (Wildman–Crippen LogP) is 6.15. The Bertz CT molecular complexity index is 960. The van der Waals surface area contributed by atoms with Crippen LogP contribution in [-0.2, 0) is 6.42 Å². The quantitative estimate of drug-likeness (QED) is 0.335. The number of thiol groups is 1. The fourth-order valence-electron chi connectivity index (χ4n) is 5.65. The third-order valence-electron chi connectivity index (χ3n) is 7.93. The number of carbonyl (C=O) groups is 1. The summed E-state index contributed by atoms with van der Waals surface area (Å²) in [5.74, 6) is 0.137. The number of hydrogen-bond acceptors (Lipinski definition) is 4. The second-order valence-corrected chi connectivity index (χ2v) is 11.4. The summed E-state index contributed by atoms with van der Waals surface area (Å²) in [5, 5.41) is 0.0440. The first kappa shape index (κ1) is 26.1. The summed E-state index contributed by atoms with van der Waals surface area (Å²) in [4.78, 5) is 20.3. The van der Waals surface area contributed by atoms with Crippen LogP contribution in [0.4, 0.5) is 5.69 Å². The molecule has 0 bridgehead atoms. The molecule has 0 radical (unpaired) electrons. The summed E-state index contributed by atoms with van der Waals surface area (Å²) in [7, 11) is 2.30. The summed E-state index contributed by atoms with van der Waals surface area (Å²) >= 11 is 4.59. The number of aryl methyl sites for hydroxylation is 2. The highest BCUT2D eigenvalue weighted by molar-refractivity contribution is 7.80. The topological polar surface area (TPSA) is 26.8 Å². The molecule has 1 atom stereocenters. The summed E-state index contributed by atoms with van der Waals surface area (Å²) in [5.41, 5.74) is 5.64. The van der Waals surface area contributed by atoms with Gasteiger partial charge in [0.15, 0.2) is 0 Å². The Hall–Kier alpha value is -1.98. The van der Waals surface area contributed by atoms with E-state index in [2.05, 4.69) is 59.8 Å². The molecule has 0 aromatic heterocycles. The smallest absolute Gasteiger partial charge is 0.254 e. The zero-order valence-corrected chi connectivity index (χ0v) is 22.8. The van der Waals surface area contributed by atoms with Crippen LogP contribution in [0.1, 0.15) is 77.7 Å². The minimum Gasteiger partial charge on any atom is -0.368 e. The van der Waals surface area contributed by atoms with E-state index in [9.17, 15) is 4.79 Å². The lowest BCUT2D eigenvalue weighted by Crippen LogP contribution is -2.49. The van der Waals surface area contributed by atoms with E-state index in [-0.39, 0.29) is 11.2 Å². The van der Waals surface area contributed by atoms with Crippen LogP contribution < -0.4 is 4.90 Å². The third kappa shape index (κ3) is 6.83. The van der Waals surface area contributed by atoms with Gasteiger partial charge in [-0.1, -0.05) is 42.7 Å². The maximum Gasteiger partial charge on any atom is 0.254 e. The van der Waals surface area contributed by atoms with Gasteiger partial charge in [-0.2, -0.15) is 12.6 Å². The Morgan fingerprint density at radius 2 is 1.71 bits per heavy atom. The maximum absolute atomic E-state index is 13.3. The minimum atomic E-state index is 0.0440. The van der Waals surface area contributed by atoms with Gasteiger partial charge in [0.05, 0.1) is 0 Å². The van der Waals surface area contributed by atoms with E-state index in [4.69, 9.17) is 0 Å². The van der Waals surface area contributed by atoms with Crippen molar-refractivity contribution in [3.05, 3.63) is 64.7 Å². The molecule has 0 N–H and O–H groups in total. The lowest BCUT2D eigenvalue weighted by molar-refractivity contribution is 0.0745. The zero-order chi connectivity index (χ0) is 24.8. The second kappa shape index (κ2) is 12.3. The van der Waals surface area contributed by atoms with Crippen LogP contribution in [0.3, 0.4) is 0 Å². The molecule has 35 heavy (non-hydrogen) atoms. The Labute approximate surface area is 218 Å². The fourth-order valence-corrected chi connectivity index (χ4v) is 5.87. The van der Waals surface area contributed by atoms with E-state index >= 15 is 0 Å². The Kier molecular flexibility index (Phi) is 9.18. The van der Waals surface area contributed by atoms with Crippen molar-refractivity contribution in [3.63, 3.8) is 0 Å². The maximum atomic E-state index is 13.3. The molecule has 1 unspecified atom stereocenters. The fraction of sp³-hybridized carbons (Fsp3) is 0.567. The third-order valence-corrected chi connectivity index (χ3v) is 8.21. The summed E-state index contributed by atoms with van der Waals surface area (Å²) in [6.45, 7) is 8.54. The van der Waals surface area contributed by atoms with Gasteiger partial charge < -0.3 is 14.7 Å². The van der Waals surface area contributed by atoms with Crippen molar-refractivity contribution in [2.75, 3.05) is 44.7 Å². The molecular weight excluding hydrogens is 450 g/mol. The normalized spacial score (nSPS) is 17.9. The molecule has 5 heteroatoms. The molecule has 1 aliphatic heterocycles. The average molecular weight is 494 g/mol. The summed E-state index contributed by atoms with van der Waals surface area (Å²) in [6, 6.07) is 16.1. The molecular formula is C30H43N3OS. The van der Waals surface area contributed by atoms with E-state index in [1.165, 1.54) is 56.3 Å². The number of piperazine rings is 1. The van der Waals surface area contributed by atoms with Gasteiger partial charge in [0.2, 0.25) is 0 Å². The molecule has 190 valence electrons. The van der Waals surface area contributed by atoms with Crippen LogP contribution in [0.15, 0.2) is 42.5 Å². The van der Waals surface area contributed by atoms with Gasteiger partial charge in [0.1, 0.15) is 0 Å². The molecule has 4 nitrogen and oxygen atoms in total. The number of amides is 1. The SMILES string of the molecule is Cc1ccc(C(C)S)c(C(=O)N2CCN(c3ccc(CCCCN(C)C4CCCC4)cc3)CC2)c1. The zero-order valence-electron chi connectivity index (χ0n) is 21.9. The van der Waals surface area contributed by atoms with Crippen LogP contribution in [0.5, 0.6) is 0 Å². The molecule has 1 saturated heterocycles. The molecule has 0 spiro atoms. The molecule has 1 aliphatic carbocycles. The van der Waals surface area contributed by atoms with Crippen molar-refractivity contribution >= 4 is 24.2 Å². The highest BCUT2D eigenvalue weighted by atomic mass is 32.1. The van der Waals surface area contributed by atoms with Crippen LogP contribution in [0.25, 0.3) is 0 Å². The number of carbonyl (C=O) groups excluding carboxylic acids is 1. The first-order valence-corrected chi connectivity index (χ1v) is 14.1. The lowest BCUT2D eigenvalue weighted by Gasteiger charge is -2.36. The van der Waals surface area contributed by atoms with Gasteiger partial charge in [-0.05, 0) is 88.9 Å². The number of benzene rings is 2. The van der Waals surface area contributed by atoms with E-state index in [0.717, 1.165) is 55.3 Å². The van der Waals surface area contributed by atoms with Crippen molar-refractivity contribution < 1.29 is 4.79 Å². The number of hydrogen-bond donors (Lipinski definition) is 1. The standard InChI is InChI=1S/C30H43N3OS/c1-23-11-16-28(24(2)35)29(22-23)30(34)33-20-18-32(19-21-33)27-14-12-25(13-15-27)8-6-7-17-31(3)26-9-4-5-10-26/h11-16,22,24,26,35H,4-10,17-21H2,1-3H3. The van der Waals surface area contributed by atoms with Crippen molar-refractivity contribution in [1.82, 2.24) is 9.80 Å². The summed E-state index contributed by atoms with van der Waals surface area (Å²) in [6.07, 6.45) is 9.29. The average Bonchev–Trinajstić information content (AvgIpc) is 3.42. The van der Waals surface area contributed by atoms with E-state index in [0.29, 0.717) is 0 Å². The molecule has 2 aromatic carbocycles. The van der Waals surface area contributed by atoms with Gasteiger partial charge in [0.25, 0.3) is 5.91 Å². The van der Waals surface area contributed by atoms with Gasteiger partial charge >= 0.3 is 0 Å². The Morgan fingerprint density at radius 3 is 2.37 bits per heavy atom. The molecule has 1 amide bonds. The predicted molar refractivity (Wildman–Crippen MR) is 151 cm³/mol. The molecule has 2 aliphatic rings. The minimum absolute atomic E-state index is 0.0440. The van der Waals surface area contributed by atoms with E-state index < -0.39 is 0 Å². The second-order valence-electron chi connectivity index (χ2n) is 10.6. The van der Waals surface area contributed by atoms with Crippen molar-refractivity contribution in [2.45, 2.75) is 70.1 Å². The lowest BCUT2D eigenvalue weighted by atomic mass is 10.0. The van der Waals surface area contributed by atoms with E-state index in [1.807, 2.05) is 30.9 Å². The Balaban J connectivity index is 1.24. The van der Waals surface area contributed by atoms with Gasteiger partial charge in [-0.3, -0.25) is 4.79 Å². The van der Waals surface area contributed by atoms with Crippen LogP contribution in [0, 0.1) is 6.92 Å². The van der Waals surface area contributed by atoms with Gasteiger partial charge in [-0.15, -0.1) is 0 Å². The van der Waals surface area contributed by atoms with E-state index in [1.54, 1.807) is 0 Å². The molecule has 1 heterocycles. The highest BCUT2D eigenvalue weighted by Gasteiger charge is 2.25.